The van der Waals surface area contributed by atoms with E-state index >= 15 is 0 Å². The molecule has 35 heavy (non-hydrogen) atoms. The molecule has 3 amide bonds. The van der Waals surface area contributed by atoms with E-state index < -0.39 is 11.0 Å². The molecule has 0 spiro atoms. The normalized spacial score (nSPS) is 20.9. The quantitative estimate of drug-likeness (QED) is 0.634. The zero-order valence-electron chi connectivity index (χ0n) is 19.3. The SMILES string of the molecule is O=C(c1ccco1)N1CCN(C(=O)C2(NC(=O)C3(c4ccc(Cl)cc4Cl)CC3)CCNCC2)CC1. The number of piperazine rings is 1. The van der Waals surface area contributed by atoms with E-state index in [4.69, 9.17) is 27.6 Å². The molecule has 8 nitrogen and oxygen atoms in total. The number of benzene rings is 1. The van der Waals surface area contributed by atoms with E-state index in [9.17, 15) is 14.4 Å². The number of furan rings is 1. The lowest BCUT2D eigenvalue weighted by Crippen LogP contribution is -2.66. The van der Waals surface area contributed by atoms with Gasteiger partial charge in [-0.2, -0.15) is 0 Å². The van der Waals surface area contributed by atoms with Gasteiger partial charge in [0.15, 0.2) is 5.76 Å². The average molecular weight is 519 g/mol. The highest BCUT2D eigenvalue weighted by atomic mass is 35.5. The van der Waals surface area contributed by atoms with Crippen LogP contribution >= 0.6 is 23.2 Å². The fourth-order valence-corrected chi connectivity index (χ4v) is 5.76. The number of nitrogens with zero attached hydrogens (tertiary/aromatic N) is 2. The molecule has 3 fully saturated rings. The molecule has 186 valence electrons. The van der Waals surface area contributed by atoms with Crippen molar-refractivity contribution in [2.75, 3.05) is 39.3 Å². The van der Waals surface area contributed by atoms with Crippen LogP contribution in [0.25, 0.3) is 0 Å². The lowest BCUT2D eigenvalue weighted by molar-refractivity contribution is -0.145. The second-order valence-corrected chi connectivity index (χ2v) is 10.4. The minimum atomic E-state index is -0.982. The minimum Gasteiger partial charge on any atom is -0.459 e. The van der Waals surface area contributed by atoms with Crippen LogP contribution in [0.2, 0.25) is 10.0 Å². The highest BCUT2D eigenvalue weighted by Crippen LogP contribution is 2.51. The van der Waals surface area contributed by atoms with Gasteiger partial charge in [-0.05, 0) is 68.6 Å². The number of hydrogen-bond acceptors (Lipinski definition) is 5. The number of hydrogen-bond donors (Lipinski definition) is 2. The van der Waals surface area contributed by atoms with Crippen molar-refractivity contribution in [3.8, 4) is 0 Å². The summed E-state index contributed by atoms with van der Waals surface area (Å²) in [4.78, 5) is 43.5. The average Bonchev–Trinajstić information content (AvgIpc) is 3.48. The molecule has 2 aliphatic heterocycles. The van der Waals surface area contributed by atoms with Crippen molar-refractivity contribution in [3.05, 3.63) is 58.0 Å². The van der Waals surface area contributed by atoms with E-state index in [1.807, 2.05) is 6.07 Å². The first kappa shape index (κ1) is 24.2. The van der Waals surface area contributed by atoms with Gasteiger partial charge in [0, 0.05) is 36.2 Å². The predicted octanol–water partition coefficient (Wildman–Crippen LogP) is 2.84. The number of carbonyl (C=O) groups excluding carboxylic acids is 3. The highest BCUT2D eigenvalue weighted by molar-refractivity contribution is 6.35. The third-order valence-electron chi connectivity index (χ3n) is 7.44. The maximum Gasteiger partial charge on any atom is 0.289 e. The molecular formula is C25H28Cl2N4O4. The van der Waals surface area contributed by atoms with Crippen molar-refractivity contribution < 1.29 is 18.8 Å². The lowest BCUT2D eigenvalue weighted by Gasteiger charge is -2.43. The van der Waals surface area contributed by atoms with E-state index in [0.717, 1.165) is 5.56 Å². The third kappa shape index (κ3) is 4.55. The smallest absolute Gasteiger partial charge is 0.289 e. The van der Waals surface area contributed by atoms with Crippen LogP contribution in [0.3, 0.4) is 0 Å². The molecule has 2 N–H and O–H groups in total. The highest BCUT2D eigenvalue weighted by Gasteiger charge is 2.55. The van der Waals surface area contributed by atoms with Crippen LogP contribution < -0.4 is 10.6 Å². The van der Waals surface area contributed by atoms with Crippen LogP contribution in [-0.4, -0.2) is 72.3 Å². The standard InChI is InChI=1S/C25H28Cl2N4O4/c26-17-3-4-18(19(27)16-17)24(5-6-24)22(33)29-25(7-9-28-10-8-25)23(34)31-13-11-30(12-14-31)21(32)20-2-1-15-35-20/h1-4,15-16,28H,5-14H2,(H,29,33). The summed E-state index contributed by atoms with van der Waals surface area (Å²) >= 11 is 12.5. The van der Waals surface area contributed by atoms with Gasteiger partial charge in [-0.25, -0.2) is 0 Å². The Labute approximate surface area is 213 Å². The first-order chi connectivity index (χ1) is 16.8. The summed E-state index contributed by atoms with van der Waals surface area (Å²) in [5, 5.41) is 7.44. The van der Waals surface area contributed by atoms with Crippen molar-refractivity contribution >= 4 is 40.9 Å². The molecule has 2 saturated heterocycles. The van der Waals surface area contributed by atoms with Crippen molar-refractivity contribution in [1.82, 2.24) is 20.4 Å². The van der Waals surface area contributed by atoms with E-state index in [1.54, 1.807) is 34.1 Å². The lowest BCUT2D eigenvalue weighted by atomic mass is 9.84. The second-order valence-electron chi connectivity index (χ2n) is 9.55. The molecule has 10 heteroatoms. The number of amides is 3. The Balaban J connectivity index is 1.30. The third-order valence-corrected chi connectivity index (χ3v) is 7.98. The van der Waals surface area contributed by atoms with Gasteiger partial charge in [0.25, 0.3) is 5.91 Å². The van der Waals surface area contributed by atoms with E-state index in [2.05, 4.69) is 10.6 Å². The van der Waals surface area contributed by atoms with Gasteiger partial charge in [0.05, 0.1) is 11.7 Å². The summed E-state index contributed by atoms with van der Waals surface area (Å²) in [5.41, 5.74) is -0.958. The Morgan fingerprint density at radius 1 is 0.943 bits per heavy atom. The Morgan fingerprint density at radius 2 is 1.63 bits per heavy atom. The molecule has 3 heterocycles. The van der Waals surface area contributed by atoms with Gasteiger partial charge in [-0.1, -0.05) is 29.3 Å². The van der Waals surface area contributed by atoms with Crippen LogP contribution in [0.5, 0.6) is 0 Å². The van der Waals surface area contributed by atoms with Crippen molar-refractivity contribution in [2.24, 2.45) is 0 Å². The molecule has 5 rings (SSSR count). The zero-order chi connectivity index (χ0) is 24.6. The topological polar surface area (TPSA) is 94.9 Å². The first-order valence-corrected chi connectivity index (χ1v) is 12.7. The number of halogens is 2. The monoisotopic (exact) mass is 518 g/mol. The molecule has 1 aromatic carbocycles. The Bertz CT molecular complexity index is 1120. The van der Waals surface area contributed by atoms with Gasteiger partial charge < -0.3 is 24.9 Å². The summed E-state index contributed by atoms with van der Waals surface area (Å²) < 4.78 is 5.22. The number of piperidine rings is 1. The zero-order valence-corrected chi connectivity index (χ0v) is 20.8. The van der Waals surface area contributed by atoms with Crippen LogP contribution in [0.1, 0.15) is 41.8 Å². The fraction of sp³-hybridized carbons (Fsp3) is 0.480. The van der Waals surface area contributed by atoms with Crippen LogP contribution in [-0.2, 0) is 15.0 Å². The maximum atomic E-state index is 13.8. The molecule has 1 aliphatic carbocycles. The van der Waals surface area contributed by atoms with Crippen LogP contribution in [0, 0.1) is 0 Å². The molecule has 0 unspecified atom stereocenters. The fourth-order valence-electron chi connectivity index (χ4n) is 5.18. The van der Waals surface area contributed by atoms with E-state index in [1.165, 1.54) is 6.26 Å². The largest absolute Gasteiger partial charge is 0.459 e. The molecule has 3 aliphatic rings. The van der Waals surface area contributed by atoms with Crippen molar-refractivity contribution in [3.63, 3.8) is 0 Å². The Hall–Kier alpha value is -2.55. The van der Waals surface area contributed by atoms with Gasteiger partial charge in [0.2, 0.25) is 11.8 Å². The molecular weight excluding hydrogens is 491 g/mol. The van der Waals surface area contributed by atoms with E-state index in [0.29, 0.717) is 80.8 Å². The number of nitrogens with one attached hydrogen (secondary N) is 2. The number of carbonyl (C=O) groups is 3. The van der Waals surface area contributed by atoms with Gasteiger partial charge in [0.1, 0.15) is 5.54 Å². The molecule has 0 radical (unpaired) electrons. The Morgan fingerprint density at radius 3 is 2.23 bits per heavy atom. The molecule has 2 aromatic rings. The first-order valence-electron chi connectivity index (χ1n) is 12.0. The van der Waals surface area contributed by atoms with E-state index in [-0.39, 0.29) is 17.7 Å². The summed E-state index contributed by atoms with van der Waals surface area (Å²) in [5.74, 6) is -0.135. The van der Waals surface area contributed by atoms with Crippen molar-refractivity contribution in [2.45, 2.75) is 36.6 Å². The van der Waals surface area contributed by atoms with Crippen LogP contribution in [0.15, 0.2) is 41.0 Å². The van der Waals surface area contributed by atoms with Gasteiger partial charge in [-0.15, -0.1) is 0 Å². The van der Waals surface area contributed by atoms with Gasteiger partial charge in [-0.3, -0.25) is 14.4 Å². The van der Waals surface area contributed by atoms with Crippen molar-refractivity contribution in [1.29, 1.82) is 0 Å². The van der Waals surface area contributed by atoms with Gasteiger partial charge >= 0.3 is 0 Å². The maximum absolute atomic E-state index is 13.8. The molecule has 1 saturated carbocycles. The summed E-state index contributed by atoms with van der Waals surface area (Å²) in [6.07, 6.45) is 3.84. The predicted molar refractivity (Wildman–Crippen MR) is 132 cm³/mol. The molecule has 0 bridgehead atoms. The van der Waals surface area contributed by atoms with Crippen LogP contribution in [0.4, 0.5) is 0 Å². The summed E-state index contributed by atoms with van der Waals surface area (Å²) in [6, 6.07) is 8.52. The minimum absolute atomic E-state index is 0.0875. The molecule has 0 atom stereocenters. The Kier molecular flexibility index (Phi) is 6.55. The molecule has 1 aromatic heterocycles. The number of rotatable bonds is 5. The second kappa shape index (κ2) is 9.48. The summed E-state index contributed by atoms with van der Waals surface area (Å²) in [7, 11) is 0. The summed E-state index contributed by atoms with van der Waals surface area (Å²) in [6.45, 7) is 2.92.